The highest BCUT2D eigenvalue weighted by Gasteiger charge is 2.22. The van der Waals surface area contributed by atoms with Crippen molar-refractivity contribution in [2.45, 2.75) is 63.8 Å². The van der Waals surface area contributed by atoms with Gasteiger partial charge in [-0.1, -0.05) is 62.0 Å². The van der Waals surface area contributed by atoms with Crippen LogP contribution in [0.4, 0.5) is 0 Å². The largest absolute Gasteiger partial charge is 0.485 e. The van der Waals surface area contributed by atoms with E-state index in [-0.39, 0.29) is 24.3 Å². The fraction of sp³-hybridized carbons (Fsp3) is 0.400. The van der Waals surface area contributed by atoms with Crippen LogP contribution in [-0.4, -0.2) is 26.5 Å². The average Bonchev–Trinajstić information content (AvgIpc) is 3.15. The summed E-state index contributed by atoms with van der Waals surface area (Å²) in [6.07, 6.45) is 3.11. The number of hydrogen-bond acceptors (Lipinski definition) is 6. The van der Waals surface area contributed by atoms with Crippen LogP contribution in [0.5, 0.6) is 5.75 Å². The van der Waals surface area contributed by atoms with Crippen LogP contribution in [0, 0.1) is 6.92 Å². The summed E-state index contributed by atoms with van der Waals surface area (Å²) in [6, 6.07) is 14.6. The maximum absolute atomic E-state index is 12.6. The molecule has 3 aromatic rings. The van der Waals surface area contributed by atoms with E-state index in [2.05, 4.69) is 59.7 Å². The first-order valence-corrected chi connectivity index (χ1v) is 12.3. The number of carbonyl (C=O) groups excluding carboxylic acids is 1. The Kier molecular flexibility index (Phi) is 7.23. The van der Waals surface area contributed by atoms with Gasteiger partial charge in [0.1, 0.15) is 12.4 Å². The molecule has 0 unspecified atom stereocenters. The molecular weight excluding hydrogens is 434 g/mol. The number of fused-ring (bicyclic) bond motifs is 1. The number of rotatable bonds is 8. The number of nitrogens with zero attached hydrogens (tertiary/aromatic N) is 3. The van der Waals surface area contributed by atoms with E-state index in [4.69, 9.17) is 10.6 Å². The van der Waals surface area contributed by atoms with Gasteiger partial charge in [-0.25, -0.2) is 4.68 Å². The Morgan fingerprint density at radius 3 is 2.91 bits per heavy atom. The van der Waals surface area contributed by atoms with E-state index in [0.29, 0.717) is 16.9 Å². The molecule has 8 heteroatoms. The van der Waals surface area contributed by atoms with Crippen molar-refractivity contribution in [1.82, 2.24) is 20.2 Å². The van der Waals surface area contributed by atoms with Crippen LogP contribution >= 0.6 is 11.8 Å². The second-order valence-electron chi connectivity index (χ2n) is 8.75. The van der Waals surface area contributed by atoms with Gasteiger partial charge < -0.3 is 15.9 Å². The number of nitrogens with one attached hydrogen (secondary N) is 1. The third kappa shape index (κ3) is 5.50. The Balaban J connectivity index is 1.34. The summed E-state index contributed by atoms with van der Waals surface area (Å²) < 4.78 is 7.43. The van der Waals surface area contributed by atoms with Crippen molar-refractivity contribution >= 4 is 17.7 Å². The van der Waals surface area contributed by atoms with Gasteiger partial charge in [0.2, 0.25) is 11.1 Å². The molecule has 0 bridgehead atoms. The summed E-state index contributed by atoms with van der Waals surface area (Å²) in [5.74, 6) is 8.06. The van der Waals surface area contributed by atoms with Gasteiger partial charge in [-0.15, -0.1) is 10.2 Å². The van der Waals surface area contributed by atoms with Crippen LogP contribution in [0.25, 0.3) is 0 Å². The number of aryl methyl sites for hydroxylation is 2. The number of nitrogens with two attached hydrogens (primary N) is 1. The Labute approximate surface area is 199 Å². The standard InChI is InChI=1S/C25H31N5O2S/c1-16(2)19-12-11-17(3)13-22(19)32-14-23-28-29-25(30(23)26)33-15-24(31)27-21-10-6-8-18-7-4-5-9-20(18)21/h4-5,7,9,11-13,16,21H,6,8,10,14-15,26H2,1-3H3,(H,27,31)/t21-/m0/s1. The smallest absolute Gasteiger partial charge is 0.230 e. The zero-order valence-corrected chi connectivity index (χ0v) is 20.2. The van der Waals surface area contributed by atoms with Gasteiger partial charge in [0.05, 0.1) is 11.8 Å². The van der Waals surface area contributed by atoms with E-state index < -0.39 is 0 Å². The first kappa shape index (κ1) is 23.2. The maximum atomic E-state index is 12.6. The van der Waals surface area contributed by atoms with E-state index >= 15 is 0 Å². The van der Waals surface area contributed by atoms with Crippen molar-refractivity contribution in [2.75, 3.05) is 11.6 Å². The molecule has 1 aliphatic rings. The minimum Gasteiger partial charge on any atom is -0.485 e. The predicted octanol–water partition coefficient (Wildman–Crippen LogP) is 4.29. The normalized spacial score (nSPS) is 15.3. The SMILES string of the molecule is Cc1ccc(C(C)C)c(OCc2nnc(SCC(=O)N[C@H]3CCCc4ccccc43)n2N)c1. The lowest BCUT2D eigenvalue weighted by atomic mass is 9.88. The van der Waals surface area contributed by atoms with Gasteiger partial charge in [0, 0.05) is 0 Å². The minimum atomic E-state index is -0.0381. The number of hydrogen-bond donors (Lipinski definition) is 2. The van der Waals surface area contributed by atoms with E-state index in [1.54, 1.807) is 0 Å². The van der Waals surface area contributed by atoms with Gasteiger partial charge in [-0.3, -0.25) is 4.79 Å². The molecule has 0 aliphatic heterocycles. The molecule has 1 aliphatic carbocycles. The second-order valence-corrected chi connectivity index (χ2v) is 9.70. The number of benzene rings is 2. The molecule has 1 aromatic heterocycles. The van der Waals surface area contributed by atoms with Crippen molar-refractivity contribution in [3.8, 4) is 5.75 Å². The molecule has 0 saturated carbocycles. The third-order valence-electron chi connectivity index (χ3n) is 5.92. The van der Waals surface area contributed by atoms with Crippen molar-refractivity contribution < 1.29 is 9.53 Å². The Morgan fingerprint density at radius 1 is 1.27 bits per heavy atom. The van der Waals surface area contributed by atoms with E-state index in [9.17, 15) is 4.79 Å². The molecule has 3 N–H and O–H groups in total. The molecule has 2 aromatic carbocycles. The molecular formula is C25H31N5O2S. The molecule has 4 rings (SSSR count). The highest BCUT2D eigenvalue weighted by molar-refractivity contribution is 7.99. The molecule has 0 fully saturated rings. The van der Waals surface area contributed by atoms with E-state index in [1.807, 2.05) is 19.1 Å². The maximum Gasteiger partial charge on any atom is 0.230 e. The topological polar surface area (TPSA) is 95.1 Å². The Morgan fingerprint density at radius 2 is 2.09 bits per heavy atom. The van der Waals surface area contributed by atoms with Crippen LogP contribution in [0.3, 0.4) is 0 Å². The van der Waals surface area contributed by atoms with Crippen molar-refractivity contribution in [2.24, 2.45) is 0 Å². The molecule has 7 nitrogen and oxygen atoms in total. The van der Waals surface area contributed by atoms with Crippen molar-refractivity contribution in [3.05, 3.63) is 70.5 Å². The summed E-state index contributed by atoms with van der Waals surface area (Å²) in [6.45, 7) is 6.51. The Hall–Kier alpha value is -3.00. The van der Waals surface area contributed by atoms with Gasteiger partial charge in [0.15, 0.2) is 5.82 Å². The predicted molar refractivity (Wildman–Crippen MR) is 131 cm³/mol. The fourth-order valence-corrected chi connectivity index (χ4v) is 4.85. The van der Waals surface area contributed by atoms with Crippen LogP contribution in [-0.2, 0) is 17.8 Å². The zero-order chi connectivity index (χ0) is 23.4. The highest BCUT2D eigenvalue weighted by atomic mass is 32.2. The van der Waals surface area contributed by atoms with Crippen LogP contribution in [0.15, 0.2) is 47.6 Å². The van der Waals surface area contributed by atoms with E-state index in [0.717, 1.165) is 36.1 Å². The first-order chi connectivity index (χ1) is 15.9. The monoisotopic (exact) mass is 465 g/mol. The molecule has 33 heavy (non-hydrogen) atoms. The Bertz CT molecular complexity index is 1130. The van der Waals surface area contributed by atoms with Gasteiger partial charge in [0.25, 0.3) is 0 Å². The van der Waals surface area contributed by atoms with Gasteiger partial charge >= 0.3 is 0 Å². The number of aromatic nitrogens is 3. The first-order valence-electron chi connectivity index (χ1n) is 11.3. The molecule has 174 valence electrons. The quantitative estimate of drug-likeness (QED) is 0.381. The van der Waals surface area contributed by atoms with Gasteiger partial charge in [-0.05, 0) is 60.4 Å². The molecule has 1 atom stereocenters. The number of ether oxygens (including phenoxy) is 1. The van der Waals surface area contributed by atoms with Crippen LogP contribution < -0.4 is 15.9 Å². The molecule has 1 heterocycles. The molecule has 0 spiro atoms. The third-order valence-corrected chi connectivity index (χ3v) is 6.86. The second kappa shape index (κ2) is 10.3. The van der Waals surface area contributed by atoms with Gasteiger partial charge in [-0.2, -0.15) is 0 Å². The summed E-state index contributed by atoms with van der Waals surface area (Å²) in [7, 11) is 0. The highest BCUT2D eigenvalue weighted by Crippen LogP contribution is 2.30. The molecule has 0 saturated heterocycles. The zero-order valence-electron chi connectivity index (χ0n) is 19.4. The summed E-state index contributed by atoms with van der Waals surface area (Å²) in [5.41, 5.74) is 4.81. The summed E-state index contributed by atoms with van der Waals surface area (Å²) in [5, 5.41) is 12.0. The van der Waals surface area contributed by atoms with Crippen LogP contribution in [0.1, 0.15) is 66.7 Å². The number of amides is 1. The summed E-state index contributed by atoms with van der Waals surface area (Å²) >= 11 is 1.27. The lowest BCUT2D eigenvalue weighted by molar-refractivity contribution is -0.119. The van der Waals surface area contributed by atoms with Crippen molar-refractivity contribution in [1.29, 1.82) is 0 Å². The van der Waals surface area contributed by atoms with E-state index in [1.165, 1.54) is 27.6 Å². The molecule has 1 amide bonds. The minimum absolute atomic E-state index is 0.0381. The number of nitrogen functional groups attached to an aromatic ring is 1. The van der Waals surface area contributed by atoms with Crippen LogP contribution in [0.2, 0.25) is 0 Å². The lowest BCUT2D eigenvalue weighted by Gasteiger charge is -2.26. The fourth-order valence-electron chi connectivity index (χ4n) is 4.16. The lowest BCUT2D eigenvalue weighted by Crippen LogP contribution is -2.32. The van der Waals surface area contributed by atoms with Crippen molar-refractivity contribution in [3.63, 3.8) is 0 Å². The number of thioether (sulfide) groups is 1. The average molecular weight is 466 g/mol. The summed E-state index contributed by atoms with van der Waals surface area (Å²) in [4.78, 5) is 12.6. The molecule has 0 radical (unpaired) electrons. The number of carbonyl (C=O) groups is 1.